The van der Waals surface area contributed by atoms with Crippen LogP contribution in [0.15, 0.2) is 24.3 Å². The standard InChI is InChI=1S/C15H22O5/c1-13-3-5-14(6-4-13)15(16)20-12-11-19-10-9-18-8-7-17-2/h3-6H,7-12H2,1-2H3. The van der Waals surface area contributed by atoms with Crippen molar-refractivity contribution >= 4 is 5.97 Å². The Bertz CT molecular complexity index is 374. The van der Waals surface area contributed by atoms with Gasteiger partial charge < -0.3 is 18.9 Å². The minimum absolute atomic E-state index is 0.241. The minimum atomic E-state index is -0.329. The van der Waals surface area contributed by atoms with Gasteiger partial charge in [-0.2, -0.15) is 0 Å². The molecule has 0 saturated heterocycles. The fourth-order valence-electron chi connectivity index (χ4n) is 1.43. The highest BCUT2D eigenvalue weighted by atomic mass is 16.6. The van der Waals surface area contributed by atoms with Crippen molar-refractivity contribution in [2.75, 3.05) is 46.8 Å². The fourth-order valence-corrected chi connectivity index (χ4v) is 1.43. The second-order valence-electron chi connectivity index (χ2n) is 4.22. The van der Waals surface area contributed by atoms with E-state index in [-0.39, 0.29) is 12.6 Å². The second-order valence-corrected chi connectivity index (χ2v) is 4.22. The van der Waals surface area contributed by atoms with E-state index in [1.165, 1.54) is 0 Å². The van der Waals surface area contributed by atoms with E-state index in [2.05, 4.69) is 0 Å². The Hall–Kier alpha value is -1.43. The molecule has 1 aromatic carbocycles. The summed E-state index contributed by atoms with van der Waals surface area (Å²) < 4.78 is 20.4. The maximum Gasteiger partial charge on any atom is 0.338 e. The number of rotatable bonds is 10. The zero-order valence-electron chi connectivity index (χ0n) is 12.1. The first kappa shape index (κ1) is 16.6. The third kappa shape index (κ3) is 7.23. The number of esters is 1. The largest absolute Gasteiger partial charge is 0.460 e. The smallest absolute Gasteiger partial charge is 0.338 e. The van der Waals surface area contributed by atoms with E-state index in [0.717, 1.165) is 5.56 Å². The lowest BCUT2D eigenvalue weighted by Gasteiger charge is -2.07. The van der Waals surface area contributed by atoms with E-state index in [1.807, 2.05) is 19.1 Å². The molecule has 5 nitrogen and oxygen atoms in total. The highest BCUT2D eigenvalue weighted by Crippen LogP contribution is 2.04. The van der Waals surface area contributed by atoms with Crippen molar-refractivity contribution in [3.05, 3.63) is 35.4 Å². The van der Waals surface area contributed by atoms with E-state index in [1.54, 1.807) is 19.2 Å². The number of carbonyl (C=O) groups excluding carboxylic acids is 1. The zero-order chi connectivity index (χ0) is 14.6. The Morgan fingerprint density at radius 1 is 0.900 bits per heavy atom. The molecule has 5 heteroatoms. The summed E-state index contributed by atoms with van der Waals surface area (Å²) in [6, 6.07) is 7.26. The van der Waals surface area contributed by atoms with Gasteiger partial charge in [-0.05, 0) is 19.1 Å². The first-order valence-electron chi connectivity index (χ1n) is 6.62. The van der Waals surface area contributed by atoms with Crippen LogP contribution in [0.2, 0.25) is 0 Å². The van der Waals surface area contributed by atoms with Crippen LogP contribution >= 0.6 is 0 Å². The molecule has 1 rings (SSSR count). The van der Waals surface area contributed by atoms with Crippen LogP contribution in [0.4, 0.5) is 0 Å². The van der Waals surface area contributed by atoms with Gasteiger partial charge >= 0.3 is 5.97 Å². The summed E-state index contributed by atoms with van der Waals surface area (Å²) in [6.45, 7) is 4.70. The summed E-state index contributed by atoms with van der Waals surface area (Å²) in [5, 5.41) is 0. The molecule has 0 spiro atoms. The average molecular weight is 282 g/mol. The van der Waals surface area contributed by atoms with Crippen LogP contribution in [0, 0.1) is 6.92 Å². The number of ether oxygens (including phenoxy) is 4. The molecular weight excluding hydrogens is 260 g/mol. The van der Waals surface area contributed by atoms with Gasteiger partial charge in [-0.25, -0.2) is 4.79 Å². The maximum atomic E-state index is 11.6. The second kappa shape index (κ2) is 10.4. The van der Waals surface area contributed by atoms with Crippen molar-refractivity contribution in [1.82, 2.24) is 0 Å². The van der Waals surface area contributed by atoms with E-state index in [0.29, 0.717) is 38.6 Å². The van der Waals surface area contributed by atoms with Crippen LogP contribution in [-0.2, 0) is 18.9 Å². The normalized spacial score (nSPS) is 10.5. The summed E-state index contributed by atoms with van der Waals surface area (Å²) in [4.78, 5) is 11.6. The topological polar surface area (TPSA) is 54.0 Å². The number of hydrogen-bond acceptors (Lipinski definition) is 5. The number of carbonyl (C=O) groups is 1. The molecule has 0 unspecified atom stereocenters. The van der Waals surface area contributed by atoms with Crippen molar-refractivity contribution in [3.8, 4) is 0 Å². The monoisotopic (exact) mass is 282 g/mol. The van der Waals surface area contributed by atoms with Crippen LogP contribution in [-0.4, -0.2) is 52.7 Å². The summed E-state index contributed by atoms with van der Waals surface area (Å²) in [7, 11) is 1.63. The van der Waals surface area contributed by atoms with Gasteiger partial charge in [0.25, 0.3) is 0 Å². The molecule has 0 saturated carbocycles. The van der Waals surface area contributed by atoms with Gasteiger partial charge in [0.15, 0.2) is 0 Å². The van der Waals surface area contributed by atoms with E-state index < -0.39 is 0 Å². The third-order valence-corrected chi connectivity index (χ3v) is 2.55. The predicted molar refractivity (Wildman–Crippen MR) is 75.0 cm³/mol. The molecule has 112 valence electrons. The molecular formula is C15H22O5. The molecule has 20 heavy (non-hydrogen) atoms. The van der Waals surface area contributed by atoms with Gasteiger partial charge in [0.2, 0.25) is 0 Å². The quantitative estimate of drug-likeness (QED) is 0.484. The molecule has 0 bridgehead atoms. The van der Waals surface area contributed by atoms with Gasteiger partial charge in [0, 0.05) is 7.11 Å². The van der Waals surface area contributed by atoms with E-state index in [9.17, 15) is 4.79 Å². The van der Waals surface area contributed by atoms with Crippen molar-refractivity contribution in [2.45, 2.75) is 6.92 Å². The fraction of sp³-hybridized carbons (Fsp3) is 0.533. The third-order valence-electron chi connectivity index (χ3n) is 2.55. The molecule has 0 amide bonds. The van der Waals surface area contributed by atoms with Gasteiger partial charge in [-0.15, -0.1) is 0 Å². The molecule has 0 aliphatic rings. The number of methoxy groups -OCH3 is 1. The van der Waals surface area contributed by atoms with E-state index >= 15 is 0 Å². The first-order chi connectivity index (χ1) is 9.74. The molecule has 0 radical (unpaired) electrons. The predicted octanol–water partition coefficient (Wildman–Crippen LogP) is 1.83. The molecule has 0 aromatic heterocycles. The van der Waals surface area contributed by atoms with Crippen molar-refractivity contribution < 1.29 is 23.7 Å². The lowest BCUT2D eigenvalue weighted by molar-refractivity contribution is 0.00570. The van der Waals surface area contributed by atoms with E-state index in [4.69, 9.17) is 18.9 Å². The highest BCUT2D eigenvalue weighted by molar-refractivity contribution is 5.89. The lowest BCUT2D eigenvalue weighted by Crippen LogP contribution is -2.13. The first-order valence-corrected chi connectivity index (χ1v) is 6.62. The zero-order valence-corrected chi connectivity index (χ0v) is 12.1. The Kier molecular flexibility index (Phi) is 8.62. The minimum Gasteiger partial charge on any atom is -0.460 e. The molecule has 1 aromatic rings. The maximum absolute atomic E-state index is 11.6. The molecule has 0 heterocycles. The summed E-state index contributed by atoms with van der Waals surface area (Å²) >= 11 is 0. The Morgan fingerprint density at radius 3 is 2.05 bits per heavy atom. The molecule has 0 aliphatic carbocycles. The summed E-state index contributed by atoms with van der Waals surface area (Å²) in [5.74, 6) is -0.329. The Morgan fingerprint density at radius 2 is 1.45 bits per heavy atom. The van der Waals surface area contributed by atoms with Gasteiger partial charge in [0.05, 0.1) is 38.6 Å². The highest BCUT2D eigenvalue weighted by Gasteiger charge is 2.05. The Balaban J connectivity index is 2.01. The SMILES string of the molecule is COCCOCCOCCOC(=O)c1ccc(C)cc1. The molecule has 0 N–H and O–H groups in total. The van der Waals surface area contributed by atoms with Crippen LogP contribution in [0.3, 0.4) is 0 Å². The Labute approximate surface area is 119 Å². The van der Waals surface area contributed by atoms with Crippen LogP contribution < -0.4 is 0 Å². The van der Waals surface area contributed by atoms with Crippen molar-refractivity contribution in [1.29, 1.82) is 0 Å². The lowest BCUT2D eigenvalue weighted by atomic mass is 10.1. The van der Waals surface area contributed by atoms with Gasteiger partial charge in [-0.1, -0.05) is 17.7 Å². The number of benzene rings is 1. The number of hydrogen-bond donors (Lipinski definition) is 0. The molecule has 0 aliphatic heterocycles. The van der Waals surface area contributed by atoms with Crippen LogP contribution in [0.1, 0.15) is 15.9 Å². The van der Waals surface area contributed by atoms with Crippen LogP contribution in [0.25, 0.3) is 0 Å². The van der Waals surface area contributed by atoms with Crippen molar-refractivity contribution in [2.24, 2.45) is 0 Å². The molecule has 0 fully saturated rings. The van der Waals surface area contributed by atoms with Crippen LogP contribution in [0.5, 0.6) is 0 Å². The van der Waals surface area contributed by atoms with Gasteiger partial charge in [-0.3, -0.25) is 0 Å². The number of aryl methyl sites for hydroxylation is 1. The van der Waals surface area contributed by atoms with Gasteiger partial charge in [0.1, 0.15) is 6.61 Å². The van der Waals surface area contributed by atoms with Crippen molar-refractivity contribution in [3.63, 3.8) is 0 Å². The summed E-state index contributed by atoms with van der Waals surface area (Å²) in [5.41, 5.74) is 1.66. The summed E-state index contributed by atoms with van der Waals surface area (Å²) in [6.07, 6.45) is 0. The average Bonchev–Trinajstić information content (AvgIpc) is 2.46. The molecule has 0 atom stereocenters.